The number of amides is 1. The zero-order chi connectivity index (χ0) is 22.1. The van der Waals surface area contributed by atoms with Gasteiger partial charge < -0.3 is 15.0 Å². The summed E-state index contributed by atoms with van der Waals surface area (Å²) in [6.45, 7) is 1.95. The van der Waals surface area contributed by atoms with Crippen molar-refractivity contribution in [1.29, 1.82) is 0 Å². The minimum absolute atomic E-state index is 0.00588. The lowest BCUT2D eigenvalue weighted by Gasteiger charge is -2.46. The number of hydrogen-bond donors (Lipinski definition) is 1. The normalized spacial score (nSPS) is 18.3. The fourth-order valence-corrected chi connectivity index (χ4v) is 4.62. The first-order chi connectivity index (χ1) is 14.8. The third-order valence-corrected chi connectivity index (χ3v) is 6.29. The number of likely N-dealkylation sites (tertiary alicyclic amines) is 1. The number of rotatable bonds is 3. The Bertz CT molecular complexity index is 993. The maximum atomic E-state index is 13.2. The van der Waals surface area contributed by atoms with Crippen LogP contribution in [0.2, 0.25) is 0 Å². The standard InChI is InChI=1S/C24H25F3N2O2/c1-31-19-7-8-20-18(16-19)10-13-28-23(20)11-14-29(15-12-23)22(30)9-6-17-4-2-3-5-21(17)24(25,26)27/h2-9,16,28H,10-15H2,1H3. The van der Waals surface area contributed by atoms with Gasteiger partial charge in [0.2, 0.25) is 5.91 Å². The summed E-state index contributed by atoms with van der Waals surface area (Å²) in [4.78, 5) is 14.4. The van der Waals surface area contributed by atoms with Gasteiger partial charge >= 0.3 is 6.18 Å². The van der Waals surface area contributed by atoms with Gasteiger partial charge in [0.15, 0.2) is 0 Å². The first kappa shape index (κ1) is 21.4. The number of nitrogens with zero attached hydrogens (tertiary/aromatic N) is 1. The van der Waals surface area contributed by atoms with Gasteiger partial charge in [-0.2, -0.15) is 13.2 Å². The lowest BCUT2D eigenvalue weighted by Crippen LogP contribution is -2.54. The van der Waals surface area contributed by atoms with Crippen LogP contribution in [0.5, 0.6) is 5.75 Å². The van der Waals surface area contributed by atoms with Crippen molar-refractivity contribution in [3.63, 3.8) is 0 Å². The molecule has 1 amide bonds. The van der Waals surface area contributed by atoms with E-state index in [1.165, 1.54) is 41.5 Å². The van der Waals surface area contributed by atoms with Crippen molar-refractivity contribution in [3.8, 4) is 5.75 Å². The molecule has 7 heteroatoms. The molecule has 1 fully saturated rings. The molecule has 2 heterocycles. The highest BCUT2D eigenvalue weighted by atomic mass is 19.4. The number of benzene rings is 2. The number of alkyl halides is 3. The van der Waals surface area contributed by atoms with Crippen LogP contribution in [0.4, 0.5) is 13.2 Å². The van der Waals surface area contributed by atoms with E-state index < -0.39 is 11.7 Å². The smallest absolute Gasteiger partial charge is 0.416 e. The number of methoxy groups -OCH3 is 1. The second-order valence-electron chi connectivity index (χ2n) is 8.03. The highest BCUT2D eigenvalue weighted by Gasteiger charge is 2.40. The number of halogens is 3. The first-order valence-electron chi connectivity index (χ1n) is 10.4. The number of ether oxygens (including phenoxy) is 1. The van der Waals surface area contributed by atoms with Crippen LogP contribution < -0.4 is 10.1 Å². The van der Waals surface area contributed by atoms with Crippen LogP contribution in [-0.4, -0.2) is 37.6 Å². The molecule has 4 rings (SSSR count). The van der Waals surface area contributed by atoms with E-state index in [0.717, 1.165) is 37.6 Å². The molecule has 1 N–H and O–H groups in total. The molecule has 4 nitrogen and oxygen atoms in total. The summed E-state index contributed by atoms with van der Waals surface area (Å²) in [5.74, 6) is 0.574. The average Bonchev–Trinajstić information content (AvgIpc) is 2.77. The van der Waals surface area contributed by atoms with Crippen LogP contribution in [-0.2, 0) is 22.9 Å². The van der Waals surface area contributed by atoms with E-state index in [2.05, 4.69) is 17.4 Å². The van der Waals surface area contributed by atoms with Crippen molar-refractivity contribution in [2.75, 3.05) is 26.7 Å². The quantitative estimate of drug-likeness (QED) is 0.735. The number of piperidine rings is 1. The molecule has 0 unspecified atom stereocenters. The molecule has 0 atom stereocenters. The Balaban J connectivity index is 1.46. The summed E-state index contributed by atoms with van der Waals surface area (Å²) in [7, 11) is 1.66. The van der Waals surface area contributed by atoms with E-state index in [4.69, 9.17) is 4.74 Å². The monoisotopic (exact) mass is 430 g/mol. The molecule has 2 aromatic rings. The number of carbonyl (C=O) groups excluding carboxylic acids is 1. The van der Waals surface area contributed by atoms with Gasteiger partial charge in [-0.15, -0.1) is 0 Å². The van der Waals surface area contributed by atoms with Gasteiger partial charge in [0.05, 0.1) is 12.7 Å². The number of nitrogens with one attached hydrogen (secondary N) is 1. The topological polar surface area (TPSA) is 41.6 Å². The average molecular weight is 430 g/mol. The van der Waals surface area contributed by atoms with Crippen molar-refractivity contribution in [3.05, 3.63) is 70.8 Å². The number of carbonyl (C=O) groups is 1. The van der Waals surface area contributed by atoms with Crippen molar-refractivity contribution in [1.82, 2.24) is 10.2 Å². The molecule has 2 aliphatic rings. The zero-order valence-corrected chi connectivity index (χ0v) is 17.3. The van der Waals surface area contributed by atoms with Crippen LogP contribution in [0.25, 0.3) is 6.08 Å². The van der Waals surface area contributed by atoms with Crippen molar-refractivity contribution >= 4 is 12.0 Å². The molecular formula is C24H25F3N2O2. The molecule has 1 spiro atoms. The van der Waals surface area contributed by atoms with E-state index in [1.54, 1.807) is 12.0 Å². The predicted molar refractivity (Wildman–Crippen MR) is 113 cm³/mol. The number of fused-ring (bicyclic) bond motifs is 2. The summed E-state index contributed by atoms with van der Waals surface area (Å²) < 4.78 is 44.8. The SMILES string of the molecule is COc1ccc2c(c1)CCNC21CCN(C(=O)C=Cc2ccccc2C(F)(F)F)CC1. The van der Waals surface area contributed by atoms with E-state index in [0.29, 0.717) is 13.1 Å². The molecule has 0 aliphatic carbocycles. The maximum Gasteiger partial charge on any atom is 0.416 e. The van der Waals surface area contributed by atoms with E-state index >= 15 is 0 Å². The molecule has 164 valence electrons. The Morgan fingerprint density at radius 2 is 1.90 bits per heavy atom. The Labute approximate surface area is 179 Å². The second-order valence-corrected chi connectivity index (χ2v) is 8.03. The van der Waals surface area contributed by atoms with Gasteiger partial charge in [-0.05, 0) is 60.2 Å². The molecule has 2 aromatic carbocycles. The van der Waals surface area contributed by atoms with Crippen LogP contribution in [0.1, 0.15) is 35.1 Å². The third kappa shape index (κ3) is 4.32. The molecule has 0 bridgehead atoms. The maximum absolute atomic E-state index is 13.2. The van der Waals surface area contributed by atoms with Gasteiger partial charge in [0.25, 0.3) is 0 Å². The van der Waals surface area contributed by atoms with Crippen LogP contribution in [0, 0.1) is 0 Å². The Morgan fingerprint density at radius 3 is 2.61 bits per heavy atom. The van der Waals surface area contributed by atoms with Gasteiger partial charge in [0.1, 0.15) is 5.75 Å². The van der Waals surface area contributed by atoms with Gasteiger partial charge in [-0.3, -0.25) is 4.79 Å². The van der Waals surface area contributed by atoms with Crippen molar-refractivity contribution in [2.45, 2.75) is 31.0 Å². The van der Waals surface area contributed by atoms with Crippen molar-refractivity contribution in [2.24, 2.45) is 0 Å². The molecule has 0 radical (unpaired) electrons. The summed E-state index contributed by atoms with van der Waals surface area (Å²) in [5.41, 5.74) is 1.59. The van der Waals surface area contributed by atoms with Crippen LogP contribution in [0.15, 0.2) is 48.5 Å². The lowest BCUT2D eigenvalue weighted by molar-refractivity contribution is -0.137. The van der Waals surface area contributed by atoms with E-state index in [1.807, 2.05) is 6.07 Å². The van der Waals surface area contributed by atoms with E-state index in [-0.39, 0.29) is 17.0 Å². The van der Waals surface area contributed by atoms with E-state index in [9.17, 15) is 18.0 Å². The van der Waals surface area contributed by atoms with Crippen LogP contribution >= 0.6 is 0 Å². The van der Waals surface area contributed by atoms with Crippen molar-refractivity contribution < 1.29 is 22.7 Å². The summed E-state index contributed by atoms with van der Waals surface area (Å²) in [6.07, 6.45) is 0.490. The minimum Gasteiger partial charge on any atom is -0.497 e. The molecule has 31 heavy (non-hydrogen) atoms. The van der Waals surface area contributed by atoms with Gasteiger partial charge in [-0.25, -0.2) is 0 Å². The molecule has 0 aromatic heterocycles. The largest absolute Gasteiger partial charge is 0.497 e. The zero-order valence-electron chi connectivity index (χ0n) is 17.3. The fraction of sp³-hybridized carbons (Fsp3) is 0.375. The van der Waals surface area contributed by atoms with Gasteiger partial charge in [0, 0.05) is 31.2 Å². The highest BCUT2D eigenvalue weighted by Crippen LogP contribution is 2.39. The highest BCUT2D eigenvalue weighted by molar-refractivity contribution is 5.92. The Hall–Kier alpha value is -2.80. The minimum atomic E-state index is -4.45. The Kier molecular flexibility index (Phi) is 5.79. The molecule has 2 aliphatic heterocycles. The predicted octanol–water partition coefficient (Wildman–Crippen LogP) is 4.39. The third-order valence-electron chi connectivity index (χ3n) is 6.29. The van der Waals surface area contributed by atoms with Crippen LogP contribution in [0.3, 0.4) is 0 Å². The fourth-order valence-electron chi connectivity index (χ4n) is 4.62. The molecule has 0 saturated carbocycles. The molecular weight excluding hydrogens is 405 g/mol. The summed E-state index contributed by atoms with van der Waals surface area (Å²) >= 11 is 0. The Morgan fingerprint density at radius 1 is 1.16 bits per heavy atom. The molecule has 1 saturated heterocycles. The number of hydrogen-bond acceptors (Lipinski definition) is 3. The first-order valence-corrected chi connectivity index (χ1v) is 10.4. The second kappa shape index (κ2) is 8.38. The lowest BCUT2D eigenvalue weighted by atomic mass is 9.76. The van der Waals surface area contributed by atoms with Gasteiger partial charge in [-0.1, -0.05) is 24.3 Å². The summed E-state index contributed by atoms with van der Waals surface area (Å²) in [5, 5.41) is 3.65. The summed E-state index contributed by atoms with van der Waals surface area (Å²) in [6, 6.07) is 11.4.